The van der Waals surface area contributed by atoms with Crippen molar-refractivity contribution in [1.82, 2.24) is 4.57 Å². The summed E-state index contributed by atoms with van der Waals surface area (Å²) in [6, 6.07) is 78.1. The summed E-state index contributed by atoms with van der Waals surface area (Å²) < 4.78 is 5.11. The predicted octanol–water partition coefficient (Wildman–Crippen LogP) is 16.1. The van der Waals surface area contributed by atoms with Crippen molar-refractivity contribution in [3.63, 3.8) is 0 Å². The maximum Gasteiger partial charge on any atom is 0.0547 e. The largest absolute Gasteiger partial charge is 0.309 e. The quantitative estimate of drug-likeness (QED) is 0.154. The van der Waals surface area contributed by atoms with Gasteiger partial charge in [0, 0.05) is 36.6 Å². The number of hydrogen-bond donors (Lipinski definition) is 0. The highest BCUT2D eigenvalue weighted by Gasteiger charge is 2.19. The number of aromatic nitrogens is 1. The molecule has 0 spiro atoms. The molecule has 0 saturated carbocycles. The van der Waals surface area contributed by atoms with Gasteiger partial charge in [0.05, 0.1) is 11.0 Å². The Labute approximate surface area is 340 Å². The fraction of sp³-hybridized carbons (Fsp3) is 0. The standard InChI is InChI=1S/C56H35NS/c1-2-15-36(16-3-1)53-44-20-4-6-22-46(44)54(47-23-7-5-21-45(47)53)37-31-33-40(34-32-37)57-50-28-10-8-24-49(50)55-41(25-14-29-51(55)57)38-17-12-18-39(35-38)42-26-13-27-48-43-19-9-11-30-52(43)58-56(42)48/h1-35H. The second-order valence-corrected chi connectivity index (χ2v) is 16.2. The number of benzene rings is 10. The third kappa shape index (κ3) is 5.02. The topological polar surface area (TPSA) is 4.93 Å². The zero-order chi connectivity index (χ0) is 38.2. The molecule has 0 aliphatic rings. The summed E-state index contributed by atoms with van der Waals surface area (Å²) in [6.45, 7) is 0. The second-order valence-electron chi connectivity index (χ2n) is 15.2. The lowest BCUT2D eigenvalue weighted by atomic mass is 9.86. The fourth-order valence-electron chi connectivity index (χ4n) is 9.50. The van der Waals surface area contributed by atoms with E-state index < -0.39 is 0 Å². The Hall–Kier alpha value is -7.26. The Morgan fingerprint density at radius 1 is 0.310 bits per heavy atom. The lowest BCUT2D eigenvalue weighted by molar-refractivity contribution is 1.18. The molecule has 0 N–H and O–H groups in total. The van der Waals surface area contributed by atoms with Crippen LogP contribution < -0.4 is 0 Å². The maximum atomic E-state index is 2.44. The Kier molecular flexibility index (Phi) is 7.47. The van der Waals surface area contributed by atoms with Crippen LogP contribution >= 0.6 is 11.3 Å². The van der Waals surface area contributed by atoms with Crippen molar-refractivity contribution in [2.45, 2.75) is 0 Å². The first kappa shape index (κ1) is 32.9. The Bertz CT molecular complexity index is 3490. The number of fused-ring (bicyclic) bond motifs is 8. The van der Waals surface area contributed by atoms with Crippen molar-refractivity contribution >= 4 is 74.9 Å². The second kappa shape index (κ2) is 13.2. The number of para-hydroxylation sites is 1. The first-order valence-electron chi connectivity index (χ1n) is 19.9. The average molecular weight is 754 g/mol. The van der Waals surface area contributed by atoms with Crippen LogP contribution in [-0.2, 0) is 0 Å². The summed E-state index contributed by atoms with van der Waals surface area (Å²) >= 11 is 1.89. The molecule has 0 unspecified atom stereocenters. The minimum atomic E-state index is 1.15. The molecule has 0 atom stereocenters. The summed E-state index contributed by atoms with van der Waals surface area (Å²) in [5, 5.41) is 10.2. The third-order valence-electron chi connectivity index (χ3n) is 12.0. The van der Waals surface area contributed by atoms with E-state index in [0.29, 0.717) is 0 Å². The highest BCUT2D eigenvalue weighted by molar-refractivity contribution is 7.26. The molecular formula is C56H35NS. The number of nitrogens with zero attached hydrogens (tertiary/aromatic N) is 1. The van der Waals surface area contributed by atoms with Gasteiger partial charge in [-0.2, -0.15) is 0 Å². The lowest BCUT2D eigenvalue weighted by Gasteiger charge is -2.18. The molecule has 0 bridgehead atoms. The molecular weight excluding hydrogens is 719 g/mol. The van der Waals surface area contributed by atoms with Crippen molar-refractivity contribution < 1.29 is 0 Å². The minimum Gasteiger partial charge on any atom is -0.309 e. The molecule has 2 aromatic heterocycles. The molecule has 0 radical (unpaired) electrons. The van der Waals surface area contributed by atoms with Crippen LogP contribution in [0.1, 0.15) is 0 Å². The van der Waals surface area contributed by atoms with E-state index in [0.717, 1.165) is 5.69 Å². The summed E-state index contributed by atoms with van der Waals surface area (Å²) in [5.74, 6) is 0. The fourth-order valence-corrected chi connectivity index (χ4v) is 10.7. The summed E-state index contributed by atoms with van der Waals surface area (Å²) in [4.78, 5) is 0. The van der Waals surface area contributed by atoms with Crippen LogP contribution in [0.15, 0.2) is 212 Å². The van der Waals surface area contributed by atoms with Gasteiger partial charge in [0.25, 0.3) is 0 Å². The van der Waals surface area contributed by atoms with Crippen molar-refractivity contribution in [2.24, 2.45) is 0 Å². The molecule has 1 nitrogen and oxygen atoms in total. The van der Waals surface area contributed by atoms with Gasteiger partial charge in [-0.05, 0) is 102 Å². The zero-order valence-electron chi connectivity index (χ0n) is 31.6. The smallest absolute Gasteiger partial charge is 0.0547 e. The van der Waals surface area contributed by atoms with E-state index in [1.165, 1.54) is 108 Å². The predicted molar refractivity (Wildman–Crippen MR) is 250 cm³/mol. The normalized spacial score (nSPS) is 11.8. The van der Waals surface area contributed by atoms with E-state index in [1.54, 1.807) is 0 Å². The molecule has 2 heterocycles. The first-order chi connectivity index (χ1) is 28.8. The number of thiophene rings is 1. The van der Waals surface area contributed by atoms with Gasteiger partial charge in [-0.1, -0.05) is 176 Å². The van der Waals surface area contributed by atoms with Crippen molar-refractivity contribution in [1.29, 1.82) is 0 Å². The lowest BCUT2D eigenvalue weighted by Crippen LogP contribution is -1.95. The molecule has 0 saturated heterocycles. The molecule has 12 aromatic rings. The monoisotopic (exact) mass is 753 g/mol. The Morgan fingerprint density at radius 3 is 1.50 bits per heavy atom. The molecule has 0 fully saturated rings. The molecule has 12 rings (SSSR count). The van der Waals surface area contributed by atoms with Gasteiger partial charge in [-0.15, -0.1) is 11.3 Å². The first-order valence-corrected chi connectivity index (χ1v) is 20.7. The number of hydrogen-bond acceptors (Lipinski definition) is 1. The van der Waals surface area contributed by atoms with E-state index in [-0.39, 0.29) is 0 Å². The highest BCUT2D eigenvalue weighted by atomic mass is 32.1. The summed E-state index contributed by atoms with van der Waals surface area (Å²) in [7, 11) is 0. The van der Waals surface area contributed by atoms with E-state index >= 15 is 0 Å². The SMILES string of the molecule is c1ccc(-c2c3ccccc3c(-c3ccc(-n4c5ccccc5c5c(-c6cccc(-c7cccc8c7sc7ccccc78)c6)cccc54)cc3)c3ccccc23)cc1. The van der Waals surface area contributed by atoms with Crippen LogP contribution in [0, 0.1) is 0 Å². The van der Waals surface area contributed by atoms with Gasteiger partial charge in [0.1, 0.15) is 0 Å². The van der Waals surface area contributed by atoms with E-state index in [2.05, 4.69) is 217 Å². The van der Waals surface area contributed by atoms with Crippen molar-refractivity contribution in [2.75, 3.05) is 0 Å². The van der Waals surface area contributed by atoms with E-state index in [9.17, 15) is 0 Å². The van der Waals surface area contributed by atoms with Crippen LogP contribution in [-0.4, -0.2) is 4.57 Å². The molecule has 0 amide bonds. The number of rotatable bonds is 5. The average Bonchev–Trinajstić information content (AvgIpc) is 3.85. The third-order valence-corrected chi connectivity index (χ3v) is 13.2. The van der Waals surface area contributed by atoms with Crippen LogP contribution in [0.25, 0.3) is 114 Å². The van der Waals surface area contributed by atoms with Crippen LogP contribution in [0.3, 0.4) is 0 Å². The van der Waals surface area contributed by atoms with Gasteiger partial charge in [0.2, 0.25) is 0 Å². The highest BCUT2D eigenvalue weighted by Crippen LogP contribution is 2.45. The van der Waals surface area contributed by atoms with E-state index in [4.69, 9.17) is 0 Å². The van der Waals surface area contributed by atoms with E-state index in [1.807, 2.05) is 11.3 Å². The minimum absolute atomic E-state index is 1.15. The molecule has 10 aromatic carbocycles. The molecule has 0 aliphatic carbocycles. The van der Waals surface area contributed by atoms with Crippen LogP contribution in [0.4, 0.5) is 0 Å². The van der Waals surface area contributed by atoms with Crippen LogP contribution in [0.2, 0.25) is 0 Å². The van der Waals surface area contributed by atoms with Gasteiger partial charge in [-0.25, -0.2) is 0 Å². The summed E-state index contributed by atoms with van der Waals surface area (Å²) in [5.41, 5.74) is 13.5. The molecule has 58 heavy (non-hydrogen) atoms. The summed E-state index contributed by atoms with van der Waals surface area (Å²) in [6.07, 6.45) is 0. The van der Waals surface area contributed by atoms with Crippen molar-refractivity contribution in [3.8, 4) is 50.2 Å². The van der Waals surface area contributed by atoms with Gasteiger partial charge < -0.3 is 4.57 Å². The Balaban J connectivity index is 1.01. The zero-order valence-corrected chi connectivity index (χ0v) is 32.4. The molecule has 270 valence electrons. The van der Waals surface area contributed by atoms with Crippen LogP contribution in [0.5, 0.6) is 0 Å². The van der Waals surface area contributed by atoms with Gasteiger partial charge in [0.15, 0.2) is 0 Å². The maximum absolute atomic E-state index is 2.44. The Morgan fingerprint density at radius 2 is 0.793 bits per heavy atom. The van der Waals surface area contributed by atoms with Crippen molar-refractivity contribution in [3.05, 3.63) is 212 Å². The van der Waals surface area contributed by atoms with Gasteiger partial charge in [-0.3, -0.25) is 0 Å². The molecule has 2 heteroatoms. The van der Waals surface area contributed by atoms with Gasteiger partial charge >= 0.3 is 0 Å². The molecule has 0 aliphatic heterocycles.